The van der Waals surface area contributed by atoms with Crippen molar-refractivity contribution in [2.75, 3.05) is 13.2 Å². The third-order valence-corrected chi connectivity index (χ3v) is 4.13. The normalized spacial score (nSPS) is 17.6. The second-order valence-electron chi connectivity index (χ2n) is 5.42. The van der Waals surface area contributed by atoms with Gasteiger partial charge in [-0.05, 0) is 50.4 Å². The van der Waals surface area contributed by atoms with Gasteiger partial charge < -0.3 is 10.1 Å². The SMILES string of the molecule is CCNC(C)c1cc(Cl)ccc1OCC1CCCC1. The van der Waals surface area contributed by atoms with Crippen molar-refractivity contribution in [3.63, 3.8) is 0 Å². The highest BCUT2D eigenvalue weighted by atomic mass is 35.5. The van der Waals surface area contributed by atoms with E-state index >= 15 is 0 Å². The van der Waals surface area contributed by atoms with Crippen LogP contribution in [0.2, 0.25) is 5.02 Å². The van der Waals surface area contributed by atoms with E-state index < -0.39 is 0 Å². The summed E-state index contributed by atoms with van der Waals surface area (Å²) in [6, 6.07) is 6.19. The van der Waals surface area contributed by atoms with E-state index in [1.807, 2.05) is 18.2 Å². The molecule has 0 bridgehead atoms. The van der Waals surface area contributed by atoms with Gasteiger partial charge in [0.15, 0.2) is 0 Å². The molecular formula is C16H24ClNO. The number of benzene rings is 1. The van der Waals surface area contributed by atoms with Crippen molar-refractivity contribution < 1.29 is 4.74 Å². The van der Waals surface area contributed by atoms with Gasteiger partial charge in [-0.2, -0.15) is 0 Å². The third kappa shape index (κ3) is 4.12. The standard InChI is InChI=1S/C16H24ClNO/c1-3-18-12(2)15-10-14(17)8-9-16(15)19-11-13-6-4-5-7-13/h8-10,12-13,18H,3-7,11H2,1-2H3. The van der Waals surface area contributed by atoms with Gasteiger partial charge in [0.25, 0.3) is 0 Å². The number of hydrogen-bond acceptors (Lipinski definition) is 2. The van der Waals surface area contributed by atoms with Crippen molar-refractivity contribution >= 4 is 11.6 Å². The Hall–Kier alpha value is -0.730. The Morgan fingerprint density at radius 2 is 2.11 bits per heavy atom. The molecular weight excluding hydrogens is 258 g/mol. The van der Waals surface area contributed by atoms with E-state index in [2.05, 4.69) is 19.2 Å². The zero-order chi connectivity index (χ0) is 13.7. The Balaban J connectivity index is 2.04. The van der Waals surface area contributed by atoms with Gasteiger partial charge in [0.05, 0.1) is 6.61 Å². The van der Waals surface area contributed by atoms with Crippen LogP contribution in [-0.4, -0.2) is 13.2 Å². The molecule has 0 aromatic heterocycles. The Morgan fingerprint density at radius 3 is 2.79 bits per heavy atom. The molecule has 0 saturated heterocycles. The predicted molar refractivity (Wildman–Crippen MR) is 81.0 cm³/mol. The fourth-order valence-corrected chi connectivity index (χ4v) is 2.97. The maximum Gasteiger partial charge on any atom is 0.124 e. The highest BCUT2D eigenvalue weighted by Crippen LogP contribution is 2.31. The molecule has 1 unspecified atom stereocenters. The summed E-state index contributed by atoms with van der Waals surface area (Å²) < 4.78 is 6.04. The van der Waals surface area contributed by atoms with Crippen LogP contribution < -0.4 is 10.1 Å². The molecule has 1 aliphatic rings. The third-order valence-electron chi connectivity index (χ3n) is 3.90. The van der Waals surface area contributed by atoms with E-state index in [9.17, 15) is 0 Å². The van der Waals surface area contributed by atoms with Crippen LogP contribution in [0.3, 0.4) is 0 Å². The highest BCUT2D eigenvalue weighted by molar-refractivity contribution is 6.30. The van der Waals surface area contributed by atoms with E-state index in [0.29, 0.717) is 0 Å². The van der Waals surface area contributed by atoms with Crippen LogP contribution in [0.5, 0.6) is 5.75 Å². The summed E-state index contributed by atoms with van der Waals surface area (Å²) in [4.78, 5) is 0. The minimum absolute atomic E-state index is 0.266. The van der Waals surface area contributed by atoms with Crippen LogP contribution in [0.1, 0.15) is 51.1 Å². The summed E-state index contributed by atoms with van der Waals surface area (Å²) in [6.45, 7) is 6.04. The van der Waals surface area contributed by atoms with Gasteiger partial charge in [-0.1, -0.05) is 31.4 Å². The first-order valence-electron chi connectivity index (χ1n) is 7.36. The lowest BCUT2D eigenvalue weighted by atomic mass is 10.1. The molecule has 106 valence electrons. The number of halogens is 1. The van der Waals surface area contributed by atoms with Gasteiger partial charge in [0, 0.05) is 16.6 Å². The molecule has 1 aliphatic carbocycles. The van der Waals surface area contributed by atoms with Gasteiger partial charge in [0.1, 0.15) is 5.75 Å². The van der Waals surface area contributed by atoms with Crippen molar-refractivity contribution in [3.8, 4) is 5.75 Å². The van der Waals surface area contributed by atoms with Gasteiger partial charge >= 0.3 is 0 Å². The molecule has 1 fully saturated rings. The minimum Gasteiger partial charge on any atom is -0.493 e. The summed E-state index contributed by atoms with van der Waals surface area (Å²) >= 11 is 6.10. The maximum absolute atomic E-state index is 6.10. The van der Waals surface area contributed by atoms with Gasteiger partial charge in [-0.25, -0.2) is 0 Å². The topological polar surface area (TPSA) is 21.3 Å². The quantitative estimate of drug-likeness (QED) is 0.824. The average molecular weight is 282 g/mol. The fraction of sp³-hybridized carbons (Fsp3) is 0.625. The Morgan fingerprint density at radius 1 is 1.37 bits per heavy atom. The molecule has 2 rings (SSSR count). The largest absolute Gasteiger partial charge is 0.493 e. The Kier molecular flexibility index (Phi) is 5.53. The van der Waals surface area contributed by atoms with E-state index in [-0.39, 0.29) is 6.04 Å². The molecule has 1 atom stereocenters. The monoisotopic (exact) mass is 281 g/mol. The summed E-state index contributed by atoms with van der Waals surface area (Å²) in [5.74, 6) is 1.71. The molecule has 19 heavy (non-hydrogen) atoms. The fourth-order valence-electron chi connectivity index (χ4n) is 2.79. The Bertz CT molecular complexity index is 402. The smallest absolute Gasteiger partial charge is 0.124 e. The molecule has 0 spiro atoms. The van der Waals surface area contributed by atoms with Crippen molar-refractivity contribution in [2.45, 2.75) is 45.6 Å². The number of rotatable bonds is 6. The van der Waals surface area contributed by atoms with Crippen LogP contribution >= 0.6 is 11.6 Å². The van der Waals surface area contributed by atoms with E-state index in [4.69, 9.17) is 16.3 Å². The van der Waals surface area contributed by atoms with Gasteiger partial charge in [-0.3, -0.25) is 0 Å². The maximum atomic E-state index is 6.10. The predicted octanol–water partition coefficient (Wildman–Crippen LogP) is 4.58. The van der Waals surface area contributed by atoms with Crippen LogP contribution in [0.4, 0.5) is 0 Å². The van der Waals surface area contributed by atoms with Crippen molar-refractivity contribution in [3.05, 3.63) is 28.8 Å². The van der Waals surface area contributed by atoms with Crippen LogP contribution in [0.15, 0.2) is 18.2 Å². The molecule has 0 heterocycles. The highest BCUT2D eigenvalue weighted by Gasteiger charge is 2.17. The summed E-state index contributed by atoms with van der Waals surface area (Å²) in [5.41, 5.74) is 1.16. The second kappa shape index (κ2) is 7.16. The Labute approximate surface area is 121 Å². The molecule has 1 aromatic carbocycles. The van der Waals surface area contributed by atoms with Crippen LogP contribution in [0, 0.1) is 5.92 Å². The molecule has 0 aliphatic heterocycles. The van der Waals surface area contributed by atoms with Crippen molar-refractivity contribution in [2.24, 2.45) is 5.92 Å². The molecule has 1 N–H and O–H groups in total. The first-order valence-corrected chi connectivity index (χ1v) is 7.74. The summed E-state index contributed by atoms with van der Waals surface area (Å²) in [6.07, 6.45) is 5.34. The van der Waals surface area contributed by atoms with Gasteiger partial charge in [-0.15, -0.1) is 0 Å². The van der Waals surface area contributed by atoms with E-state index in [0.717, 1.165) is 35.4 Å². The zero-order valence-corrected chi connectivity index (χ0v) is 12.7. The molecule has 0 amide bonds. The van der Waals surface area contributed by atoms with E-state index in [1.165, 1.54) is 25.7 Å². The van der Waals surface area contributed by atoms with Crippen molar-refractivity contribution in [1.82, 2.24) is 5.32 Å². The molecule has 3 heteroatoms. The lowest BCUT2D eigenvalue weighted by Crippen LogP contribution is -2.19. The van der Waals surface area contributed by atoms with Crippen LogP contribution in [-0.2, 0) is 0 Å². The van der Waals surface area contributed by atoms with Gasteiger partial charge in [0.2, 0.25) is 0 Å². The first kappa shape index (κ1) is 14.7. The second-order valence-corrected chi connectivity index (χ2v) is 5.86. The number of ether oxygens (including phenoxy) is 1. The molecule has 0 radical (unpaired) electrons. The zero-order valence-electron chi connectivity index (χ0n) is 11.9. The summed E-state index contributed by atoms with van der Waals surface area (Å²) in [5, 5.41) is 4.19. The lowest BCUT2D eigenvalue weighted by molar-refractivity contribution is 0.248. The van der Waals surface area contributed by atoms with Crippen molar-refractivity contribution in [1.29, 1.82) is 0 Å². The summed E-state index contributed by atoms with van der Waals surface area (Å²) in [7, 11) is 0. The number of hydrogen-bond donors (Lipinski definition) is 1. The molecule has 1 aromatic rings. The molecule has 1 saturated carbocycles. The van der Waals surface area contributed by atoms with Crippen LogP contribution in [0.25, 0.3) is 0 Å². The molecule has 2 nitrogen and oxygen atoms in total. The lowest BCUT2D eigenvalue weighted by Gasteiger charge is -2.19. The minimum atomic E-state index is 0.266. The number of nitrogens with one attached hydrogen (secondary N) is 1. The van der Waals surface area contributed by atoms with E-state index in [1.54, 1.807) is 0 Å². The first-order chi connectivity index (χ1) is 9.20. The average Bonchev–Trinajstić information content (AvgIpc) is 2.90.